The molecule has 108 valence electrons. The van der Waals surface area contributed by atoms with Crippen molar-refractivity contribution in [3.8, 4) is 0 Å². The lowest BCUT2D eigenvalue weighted by Crippen LogP contribution is -2.42. The third-order valence-electron chi connectivity index (χ3n) is 3.49. The van der Waals surface area contributed by atoms with Gasteiger partial charge in [-0.2, -0.15) is 0 Å². The molecule has 1 N–H and O–H groups in total. The van der Waals surface area contributed by atoms with E-state index in [4.69, 9.17) is 0 Å². The number of hydrogen-bond acceptors (Lipinski definition) is 5. The van der Waals surface area contributed by atoms with Crippen LogP contribution in [0.15, 0.2) is 11.6 Å². The van der Waals surface area contributed by atoms with Gasteiger partial charge in [0.25, 0.3) is 0 Å². The number of piperidine rings is 1. The van der Waals surface area contributed by atoms with E-state index in [1.807, 2.05) is 11.6 Å². The van der Waals surface area contributed by atoms with Gasteiger partial charge >= 0.3 is 0 Å². The lowest BCUT2D eigenvalue weighted by Gasteiger charge is -2.31. The Morgan fingerprint density at radius 1 is 1.63 bits per heavy atom. The Hall–Kier alpha value is -0.500. The average Bonchev–Trinajstić information content (AvgIpc) is 2.89. The number of thiazole rings is 1. The molecule has 2 heterocycles. The molecule has 1 aliphatic heterocycles. The SMILES string of the molecule is CC(NCC1CCCN(S(C)(=O)=O)C1)c1nccs1. The van der Waals surface area contributed by atoms with E-state index in [2.05, 4.69) is 17.2 Å². The van der Waals surface area contributed by atoms with Crippen LogP contribution in [-0.4, -0.2) is 43.6 Å². The molecule has 2 rings (SSSR count). The second kappa shape index (κ2) is 6.30. The van der Waals surface area contributed by atoms with Gasteiger partial charge in [-0.1, -0.05) is 0 Å². The summed E-state index contributed by atoms with van der Waals surface area (Å²) >= 11 is 1.64. The maximum absolute atomic E-state index is 11.6. The highest BCUT2D eigenvalue weighted by Crippen LogP contribution is 2.20. The molecule has 0 radical (unpaired) electrons. The van der Waals surface area contributed by atoms with Gasteiger partial charge in [-0.15, -0.1) is 11.3 Å². The Kier molecular flexibility index (Phi) is 4.94. The fourth-order valence-electron chi connectivity index (χ4n) is 2.37. The maximum Gasteiger partial charge on any atom is 0.211 e. The number of aromatic nitrogens is 1. The van der Waals surface area contributed by atoms with Crippen molar-refractivity contribution in [3.05, 3.63) is 16.6 Å². The van der Waals surface area contributed by atoms with Gasteiger partial charge in [0.15, 0.2) is 0 Å². The first kappa shape index (κ1) is 14.9. The van der Waals surface area contributed by atoms with Crippen LogP contribution >= 0.6 is 11.3 Å². The lowest BCUT2D eigenvalue weighted by atomic mass is 9.99. The van der Waals surface area contributed by atoms with Crippen LogP contribution in [0.3, 0.4) is 0 Å². The maximum atomic E-state index is 11.6. The van der Waals surface area contributed by atoms with Gasteiger partial charge in [-0.25, -0.2) is 17.7 Å². The summed E-state index contributed by atoms with van der Waals surface area (Å²) in [6.45, 7) is 4.23. The summed E-state index contributed by atoms with van der Waals surface area (Å²) in [5.74, 6) is 0.394. The van der Waals surface area contributed by atoms with Crippen LogP contribution in [0.5, 0.6) is 0 Å². The molecule has 1 saturated heterocycles. The molecule has 0 bridgehead atoms. The molecule has 2 atom stereocenters. The molecule has 0 saturated carbocycles. The van der Waals surface area contributed by atoms with Gasteiger partial charge in [0.2, 0.25) is 10.0 Å². The molecule has 1 aromatic heterocycles. The summed E-state index contributed by atoms with van der Waals surface area (Å²) < 4.78 is 24.7. The largest absolute Gasteiger partial charge is 0.308 e. The summed E-state index contributed by atoms with van der Waals surface area (Å²) in [7, 11) is -3.05. The fraction of sp³-hybridized carbons (Fsp3) is 0.750. The summed E-state index contributed by atoms with van der Waals surface area (Å²) in [6, 6.07) is 0.230. The number of sulfonamides is 1. The summed E-state index contributed by atoms with van der Waals surface area (Å²) in [4.78, 5) is 4.28. The van der Waals surface area contributed by atoms with Crippen LogP contribution in [0.1, 0.15) is 30.8 Å². The highest BCUT2D eigenvalue weighted by Gasteiger charge is 2.26. The Morgan fingerprint density at radius 2 is 2.42 bits per heavy atom. The summed E-state index contributed by atoms with van der Waals surface area (Å²) in [6.07, 6.45) is 5.14. The lowest BCUT2D eigenvalue weighted by molar-refractivity contribution is 0.257. The predicted octanol–water partition coefficient (Wildman–Crippen LogP) is 1.47. The van der Waals surface area contributed by atoms with E-state index in [-0.39, 0.29) is 6.04 Å². The molecule has 2 unspecified atom stereocenters. The van der Waals surface area contributed by atoms with Crippen LogP contribution < -0.4 is 5.32 Å². The van der Waals surface area contributed by atoms with Gasteiger partial charge in [0.1, 0.15) is 5.01 Å². The monoisotopic (exact) mass is 303 g/mol. The molecule has 1 fully saturated rings. The highest BCUT2D eigenvalue weighted by atomic mass is 32.2. The van der Waals surface area contributed by atoms with Gasteiger partial charge in [-0.3, -0.25) is 0 Å². The quantitative estimate of drug-likeness (QED) is 0.894. The zero-order valence-corrected chi connectivity index (χ0v) is 13.0. The van der Waals surface area contributed by atoms with Crippen molar-refractivity contribution in [2.45, 2.75) is 25.8 Å². The second-order valence-corrected chi connectivity index (χ2v) is 8.04. The number of nitrogens with zero attached hydrogens (tertiary/aromatic N) is 2. The number of rotatable bonds is 5. The van der Waals surface area contributed by atoms with Crippen molar-refractivity contribution >= 4 is 21.4 Å². The molecule has 0 spiro atoms. The zero-order chi connectivity index (χ0) is 13.9. The van der Waals surface area contributed by atoms with Crippen molar-refractivity contribution in [3.63, 3.8) is 0 Å². The molecule has 7 heteroatoms. The van der Waals surface area contributed by atoms with E-state index < -0.39 is 10.0 Å². The molecule has 1 aliphatic rings. The van der Waals surface area contributed by atoms with E-state index in [1.54, 1.807) is 15.6 Å². The molecule has 0 aromatic carbocycles. The zero-order valence-electron chi connectivity index (χ0n) is 11.4. The third-order valence-corrected chi connectivity index (χ3v) is 5.71. The van der Waals surface area contributed by atoms with E-state index in [9.17, 15) is 8.42 Å². The van der Waals surface area contributed by atoms with Crippen LogP contribution in [0, 0.1) is 5.92 Å². The van der Waals surface area contributed by atoms with Crippen molar-refractivity contribution in [1.29, 1.82) is 0 Å². The summed E-state index contributed by atoms with van der Waals surface area (Å²) in [5.41, 5.74) is 0. The van der Waals surface area contributed by atoms with E-state index in [0.29, 0.717) is 19.0 Å². The van der Waals surface area contributed by atoms with E-state index in [1.165, 1.54) is 6.26 Å². The first-order chi connectivity index (χ1) is 8.97. The fourth-order valence-corrected chi connectivity index (χ4v) is 3.99. The van der Waals surface area contributed by atoms with Crippen molar-refractivity contribution < 1.29 is 8.42 Å². The number of hydrogen-bond donors (Lipinski definition) is 1. The van der Waals surface area contributed by atoms with Gasteiger partial charge < -0.3 is 5.32 Å². The molecule has 1 aromatic rings. The van der Waals surface area contributed by atoms with Gasteiger partial charge in [-0.05, 0) is 32.2 Å². The van der Waals surface area contributed by atoms with E-state index in [0.717, 1.165) is 24.4 Å². The van der Waals surface area contributed by atoms with Crippen LogP contribution in [0.25, 0.3) is 0 Å². The Balaban J connectivity index is 1.83. The highest BCUT2D eigenvalue weighted by molar-refractivity contribution is 7.88. The van der Waals surface area contributed by atoms with E-state index >= 15 is 0 Å². The van der Waals surface area contributed by atoms with Crippen LogP contribution in [0.4, 0.5) is 0 Å². The Bertz CT molecular complexity index is 487. The summed E-state index contributed by atoms with van der Waals surface area (Å²) in [5, 5.41) is 6.50. The smallest absolute Gasteiger partial charge is 0.211 e. The number of nitrogens with one attached hydrogen (secondary N) is 1. The molecule has 0 aliphatic carbocycles. The van der Waals surface area contributed by atoms with Crippen LogP contribution in [-0.2, 0) is 10.0 Å². The van der Waals surface area contributed by atoms with Crippen molar-refractivity contribution in [2.24, 2.45) is 5.92 Å². The molecule has 0 amide bonds. The van der Waals surface area contributed by atoms with Crippen molar-refractivity contribution in [2.75, 3.05) is 25.9 Å². The van der Waals surface area contributed by atoms with Gasteiger partial charge in [0.05, 0.1) is 12.3 Å². The third kappa shape index (κ3) is 4.24. The van der Waals surface area contributed by atoms with Crippen molar-refractivity contribution in [1.82, 2.24) is 14.6 Å². The first-order valence-electron chi connectivity index (χ1n) is 6.54. The first-order valence-corrected chi connectivity index (χ1v) is 9.27. The minimum atomic E-state index is -3.05. The Labute approximate surface area is 119 Å². The average molecular weight is 303 g/mol. The van der Waals surface area contributed by atoms with Crippen LogP contribution in [0.2, 0.25) is 0 Å². The standard InChI is InChI=1S/C12H21N3O2S2/c1-10(12-13-5-7-18-12)14-8-11-4-3-6-15(9-11)19(2,16)17/h5,7,10-11,14H,3-4,6,8-9H2,1-2H3. The molecule has 19 heavy (non-hydrogen) atoms. The minimum Gasteiger partial charge on any atom is -0.308 e. The second-order valence-electron chi connectivity index (χ2n) is 5.13. The van der Waals surface area contributed by atoms with Gasteiger partial charge in [0, 0.05) is 24.7 Å². The minimum absolute atomic E-state index is 0.230. The molecular formula is C12H21N3O2S2. The molecular weight excluding hydrogens is 282 g/mol. The Morgan fingerprint density at radius 3 is 3.05 bits per heavy atom. The normalized spacial score (nSPS) is 23.4. The topological polar surface area (TPSA) is 62.3 Å². The molecule has 5 nitrogen and oxygen atoms in total. The predicted molar refractivity (Wildman–Crippen MR) is 77.7 cm³/mol.